The molecule has 0 aliphatic carbocycles. The van der Waals surface area contributed by atoms with Gasteiger partial charge in [-0.3, -0.25) is 0 Å². The van der Waals surface area contributed by atoms with E-state index in [1.54, 1.807) is 12.1 Å². The molecule has 0 aliphatic rings. The van der Waals surface area contributed by atoms with E-state index in [4.69, 9.17) is 0 Å². The highest BCUT2D eigenvalue weighted by molar-refractivity contribution is 5.46. The number of anilines is 1. The fraction of sp³-hybridized carbons (Fsp3) is 0.312. The Labute approximate surface area is 140 Å². The summed E-state index contributed by atoms with van der Waals surface area (Å²) in [6.07, 6.45) is -3.46. The Morgan fingerprint density at radius 3 is 2.60 bits per heavy atom. The van der Waals surface area contributed by atoms with E-state index in [2.05, 4.69) is 20.4 Å². The zero-order valence-electron chi connectivity index (χ0n) is 13.5. The average Bonchev–Trinajstić information content (AvgIpc) is 3.00. The van der Waals surface area contributed by atoms with Gasteiger partial charge in [0.1, 0.15) is 18.0 Å². The van der Waals surface area contributed by atoms with Crippen molar-refractivity contribution in [3.63, 3.8) is 0 Å². The highest BCUT2D eigenvalue weighted by Crippen LogP contribution is 2.30. The summed E-state index contributed by atoms with van der Waals surface area (Å²) in [5.41, 5.74) is -0.865. The number of nitrogens with zero attached hydrogens (tertiary/aromatic N) is 4. The molecule has 5 nitrogen and oxygen atoms in total. The molecular formula is C16H15F4N5. The third-order valence-electron chi connectivity index (χ3n) is 3.86. The van der Waals surface area contributed by atoms with Crippen LogP contribution in [0.4, 0.5) is 23.4 Å². The summed E-state index contributed by atoms with van der Waals surface area (Å²) in [7, 11) is 0. The number of hydrogen-bond acceptors (Lipinski definition) is 4. The maximum atomic E-state index is 13.4. The molecule has 0 spiro atoms. The van der Waals surface area contributed by atoms with Crippen LogP contribution in [0.25, 0.3) is 5.78 Å². The average molecular weight is 353 g/mol. The second-order valence-corrected chi connectivity index (χ2v) is 6.24. The van der Waals surface area contributed by atoms with Crippen molar-refractivity contribution >= 4 is 11.6 Å². The first-order valence-corrected chi connectivity index (χ1v) is 7.45. The number of halogens is 4. The van der Waals surface area contributed by atoms with Gasteiger partial charge in [-0.05, 0) is 17.7 Å². The Kier molecular flexibility index (Phi) is 4.09. The molecule has 0 saturated heterocycles. The number of nitrogens with one attached hydrogen (secondary N) is 1. The van der Waals surface area contributed by atoms with E-state index in [1.807, 2.05) is 13.8 Å². The first kappa shape index (κ1) is 17.1. The lowest BCUT2D eigenvalue weighted by atomic mass is 9.84. The van der Waals surface area contributed by atoms with Crippen LogP contribution in [0.2, 0.25) is 0 Å². The van der Waals surface area contributed by atoms with Crippen molar-refractivity contribution in [2.45, 2.75) is 25.4 Å². The molecule has 0 fully saturated rings. The van der Waals surface area contributed by atoms with Crippen LogP contribution < -0.4 is 5.32 Å². The van der Waals surface area contributed by atoms with Gasteiger partial charge in [0.2, 0.25) is 0 Å². The lowest BCUT2D eigenvalue weighted by Gasteiger charge is -2.26. The van der Waals surface area contributed by atoms with Gasteiger partial charge < -0.3 is 5.32 Å². The normalized spacial score (nSPS) is 12.6. The van der Waals surface area contributed by atoms with Gasteiger partial charge in [-0.2, -0.15) is 27.8 Å². The number of fused-ring (bicyclic) bond motifs is 1. The largest absolute Gasteiger partial charge is 0.433 e. The summed E-state index contributed by atoms with van der Waals surface area (Å²) >= 11 is 0. The first-order chi connectivity index (χ1) is 11.7. The van der Waals surface area contributed by atoms with E-state index in [0.717, 1.165) is 18.0 Å². The molecule has 0 unspecified atom stereocenters. The lowest BCUT2D eigenvalue weighted by Crippen LogP contribution is -2.28. The fourth-order valence-electron chi connectivity index (χ4n) is 2.41. The Balaban J connectivity index is 1.91. The fourth-order valence-corrected chi connectivity index (χ4v) is 2.41. The predicted octanol–water partition coefficient (Wildman–Crippen LogP) is 3.67. The van der Waals surface area contributed by atoms with Crippen molar-refractivity contribution in [2.75, 3.05) is 11.9 Å². The molecule has 132 valence electrons. The standard InChI is InChI=1S/C16H15F4N5/c1-15(2,10-4-3-5-11(17)6-10)8-21-13-7-12(16(18,19)20)24-14-22-9-23-25(13)14/h3-7,9,21H,8H2,1-2H3. The maximum absolute atomic E-state index is 13.4. The Morgan fingerprint density at radius 2 is 1.92 bits per heavy atom. The molecule has 0 bridgehead atoms. The van der Waals surface area contributed by atoms with Gasteiger partial charge in [0.25, 0.3) is 5.78 Å². The van der Waals surface area contributed by atoms with E-state index in [-0.39, 0.29) is 24.0 Å². The van der Waals surface area contributed by atoms with Gasteiger partial charge in [0.15, 0.2) is 5.69 Å². The second-order valence-electron chi connectivity index (χ2n) is 6.24. The van der Waals surface area contributed by atoms with Gasteiger partial charge in [-0.1, -0.05) is 26.0 Å². The van der Waals surface area contributed by atoms with E-state index in [1.165, 1.54) is 16.6 Å². The molecule has 3 aromatic rings. The van der Waals surface area contributed by atoms with Crippen LogP contribution in [-0.2, 0) is 11.6 Å². The zero-order chi connectivity index (χ0) is 18.2. The van der Waals surface area contributed by atoms with E-state index in [0.29, 0.717) is 0 Å². The minimum atomic E-state index is -4.60. The van der Waals surface area contributed by atoms with E-state index < -0.39 is 17.3 Å². The Bertz CT molecular complexity index is 901. The second kappa shape index (κ2) is 5.98. The lowest BCUT2D eigenvalue weighted by molar-refractivity contribution is -0.141. The first-order valence-electron chi connectivity index (χ1n) is 7.45. The van der Waals surface area contributed by atoms with E-state index >= 15 is 0 Å². The molecule has 0 aliphatic heterocycles. The molecule has 1 N–H and O–H groups in total. The Morgan fingerprint density at radius 1 is 1.16 bits per heavy atom. The molecule has 0 atom stereocenters. The van der Waals surface area contributed by atoms with Gasteiger partial charge >= 0.3 is 6.18 Å². The third kappa shape index (κ3) is 3.54. The zero-order valence-corrected chi connectivity index (χ0v) is 13.5. The van der Waals surface area contributed by atoms with Gasteiger partial charge in [-0.25, -0.2) is 9.37 Å². The van der Waals surface area contributed by atoms with Crippen LogP contribution in [0.1, 0.15) is 25.1 Å². The number of alkyl halides is 3. The molecule has 9 heteroatoms. The SMILES string of the molecule is CC(C)(CNc1cc(C(F)(F)F)nc2ncnn12)c1cccc(F)c1. The van der Waals surface area contributed by atoms with Crippen molar-refractivity contribution in [2.24, 2.45) is 0 Å². The summed E-state index contributed by atoms with van der Waals surface area (Å²) in [4.78, 5) is 7.17. The molecule has 25 heavy (non-hydrogen) atoms. The van der Waals surface area contributed by atoms with Crippen LogP contribution in [0, 0.1) is 5.82 Å². The molecular weight excluding hydrogens is 338 g/mol. The Hall–Kier alpha value is -2.71. The minimum Gasteiger partial charge on any atom is -0.369 e. The number of benzene rings is 1. The molecule has 0 saturated carbocycles. The molecule has 2 aromatic heterocycles. The molecule has 0 amide bonds. The van der Waals surface area contributed by atoms with Crippen molar-refractivity contribution in [1.29, 1.82) is 0 Å². The van der Waals surface area contributed by atoms with Crippen molar-refractivity contribution in [3.05, 3.63) is 53.7 Å². The summed E-state index contributed by atoms with van der Waals surface area (Å²) in [6.45, 7) is 3.98. The number of aromatic nitrogens is 4. The number of rotatable bonds is 4. The van der Waals surface area contributed by atoms with Gasteiger partial charge in [0, 0.05) is 18.0 Å². The van der Waals surface area contributed by atoms with Crippen LogP contribution in [-0.4, -0.2) is 26.1 Å². The minimum absolute atomic E-state index is 0.110. The van der Waals surface area contributed by atoms with Gasteiger partial charge in [0.05, 0.1) is 0 Å². The topological polar surface area (TPSA) is 55.1 Å². The molecule has 0 radical (unpaired) electrons. The van der Waals surface area contributed by atoms with Crippen molar-refractivity contribution in [3.8, 4) is 0 Å². The summed E-state index contributed by atoms with van der Waals surface area (Å²) in [6, 6.07) is 6.98. The van der Waals surface area contributed by atoms with Crippen molar-refractivity contribution < 1.29 is 17.6 Å². The van der Waals surface area contributed by atoms with E-state index in [9.17, 15) is 17.6 Å². The monoisotopic (exact) mass is 353 g/mol. The molecule has 3 rings (SSSR count). The third-order valence-corrected chi connectivity index (χ3v) is 3.86. The summed E-state index contributed by atoms with van der Waals surface area (Å²) < 4.78 is 53.6. The molecule has 2 heterocycles. The van der Waals surface area contributed by atoms with Crippen LogP contribution in [0.3, 0.4) is 0 Å². The summed E-state index contributed by atoms with van der Waals surface area (Å²) in [5.74, 6) is -0.410. The maximum Gasteiger partial charge on any atom is 0.433 e. The quantitative estimate of drug-likeness (QED) is 0.727. The van der Waals surface area contributed by atoms with Gasteiger partial charge in [-0.15, -0.1) is 0 Å². The smallest absolute Gasteiger partial charge is 0.369 e. The van der Waals surface area contributed by atoms with Crippen LogP contribution in [0.15, 0.2) is 36.7 Å². The number of hydrogen-bond donors (Lipinski definition) is 1. The van der Waals surface area contributed by atoms with Crippen molar-refractivity contribution in [1.82, 2.24) is 19.6 Å². The van der Waals surface area contributed by atoms with Crippen LogP contribution >= 0.6 is 0 Å². The highest BCUT2D eigenvalue weighted by atomic mass is 19.4. The van der Waals surface area contributed by atoms with Crippen LogP contribution in [0.5, 0.6) is 0 Å². The predicted molar refractivity (Wildman–Crippen MR) is 83.7 cm³/mol. The molecule has 1 aromatic carbocycles. The summed E-state index contributed by atoms with van der Waals surface area (Å²) in [5, 5.41) is 6.83. The highest BCUT2D eigenvalue weighted by Gasteiger charge is 2.34.